The van der Waals surface area contributed by atoms with E-state index in [0.717, 1.165) is 24.3 Å². The first-order chi connectivity index (χ1) is 14.5. The van der Waals surface area contributed by atoms with Crippen molar-refractivity contribution in [3.05, 3.63) is 59.7 Å². The van der Waals surface area contributed by atoms with E-state index in [1.807, 2.05) is 36.4 Å². The van der Waals surface area contributed by atoms with Gasteiger partial charge in [-0.3, -0.25) is 25.1 Å². The topological polar surface area (TPSA) is 108 Å². The molecule has 8 nitrogen and oxygen atoms in total. The van der Waals surface area contributed by atoms with E-state index >= 15 is 0 Å². The maximum absolute atomic E-state index is 13.1. The summed E-state index contributed by atoms with van der Waals surface area (Å²) >= 11 is 0. The van der Waals surface area contributed by atoms with Crippen molar-refractivity contribution in [3.63, 3.8) is 0 Å². The number of imide groups is 2. The van der Waals surface area contributed by atoms with E-state index in [-0.39, 0.29) is 12.5 Å². The van der Waals surface area contributed by atoms with Crippen LogP contribution in [0.25, 0.3) is 0 Å². The van der Waals surface area contributed by atoms with Crippen LogP contribution in [0.15, 0.2) is 48.5 Å². The molecule has 2 fully saturated rings. The molecule has 3 aliphatic heterocycles. The summed E-state index contributed by atoms with van der Waals surface area (Å²) in [6, 6.07) is 14.6. The first-order valence-electron chi connectivity index (χ1n) is 10.1. The number of amides is 4. The van der Waals surface area contributed by atoms with Gasteiger partial charge < -0.3 is 10.6 Å². The zero-order valence-electron chi connectivity index (χ0n) is 16.4. The van der Waals surface area contributed by atoms with Gasteiger partial charge >= 0.3 is 6.03 Å². The van der Waals surface area contributed by atoms with Crippen molar-refractivity contribution in [2.45, 2.75) is 19.0 Å². The van der Waals surface area contributed by atoms with Crippen molar-refractivity contribution in [3.8, 4) is 0 Å². The van der Waals surface area contributed by atoms with Crippen molar-refractivity contribution in [2.75, 3.05) is 30.3 Å². The molecule has 0 bridgehead atoms. The quantitative estimate of drug-likeness (QED) is 0.506. The number of nitrogen functional groups attached to an aromatic ring is 1. The predicted octanol–water partition coefficient (Wildman–Crippen LogP) is 0.868. The molecule has 1 atom stereocenters. The zero-order chi connectivity index (χ0) is 20.9. The monoisotopic (exact) mass is 405 g/mol. The molecule has 3 aliphatic rings. The minimum absolute atomic E-state index is 0.207. The van der Waals surface area contributed by atoms with Gasteiger partial charge in [0.05, 0.1) is 6.04 Å². The number of nitrogens with two attached hydrogens (primary N) is 1. The first-order valence-corrected chi connectivity index (χ1v) is 10.1. The van der Waals surface area contributed by atoms with E-state index in [2.05, 4.69) is 32.6 Å². The van der Waals surface area contributed by atoms with Crippen molar-refractivity contribution in [2.24, 2.45) is 5.41 Å². The maximum Gasteiger partial charge on any atom is 0.328 e. The number of urea groups is 1. The summed E-state index contributed by atoms with van der Waals surface area (Å²) in [5.74, 6) is -1.08. The molecule has 2 saturated heterocycles. The summed E-state index contributed by atoms with van der Waals surface area (Å²) < 4.78 is 0. The highest BCUT2D eigenvalue weighted by atomic mass is 16.2. The summed E-state index contributed by atoms with van der Waals surface area (Å²) in [4.78, 5) is 42.4. The normalized spacial score (nSPS) is 22.9. The highest BCUT2D eigenvalue weighted by molar-refractivity contribution is 6.20. The van der Waals surface area contributed by atoms with Gasteiger partial charge in [0.2, 0.25) is 11.8 Å². The Hall–Kier alpha value is -3.39. The molecule has 4 amide bonds. The average Bonchev–Trinajstić information content (AvgIpc) is 2.72. The van der Waals surface area contributed by atoms with Crippen molar-refractivity contribution >= 4 is 29.2 Å². The fourth-order valence-electron chi connectivity index (χ4n) is 5.01. The fourth-order valence-corrected chi connectivity index (χ4v) is 5.01. The van der Waals surface area contributed by atoms with E-state index in [1.54, 1.807) is 0 Å². The number of piperazine rings is 1. The van der Waals surface area contributed by atoms with E-state index < -0.39 is 23.3 Å². The van der Waals surface area contributed by atoms with Gasteiger partial charge in [-0.25, -0.2) is 4.79 Å². The molecule has 1 unspecified atom stereocenters. The number of hydrogen-bond acceptors (Lipinski definition) is 6. The largest absolute Gasteiger partial charge is 0.399 e. The minimum atomic E-state index is -1.38. The number of anilines is 2. The van der Waals surface area contributed by atoms with Gasteiger partial charge in [0.25, 0.3) is 0 Å². The minimum Gasteiger partial charge on any atom is -0.399 e. The van der Waals surface area contributed by atoms with Crippen LogP contribution in [0.1, 0.15) is 11.1 Å². The Morgan fingerprint density at radius 3 is 2.47 bits per heavy atom. The molecule has 154 valence electrons. The molecule has 0 aliphatic carbocycles. The maximum atomic E-state index is 13.1. The number of fused-ring (bicyclic) bond motifs is 4. The van der Waals surface area contributed by atoms with Crippen LogP contribution in [0.5, 0.6) is 0 Å². The number of carbonyl (C=O) groups excluding carboxylic acids is 3. The van der Waals surface area contributed by atoms with Gasteiger partial charge in [-0.05, 0) is 35.7 Å². The van der Waals surface area contributed by atoms with Gasteiger partial charge in [0.15, 0.2) is 5.41 Å². The van der Waals surface area contributed by atoms with Gasteiger partial charge in [-0.1, -0.05) is 30.3 Å². The number of benzene rings is 2. The van der Waals surface area contributed by atoms with Crippen molar-refractivity contribution in [1.82, 2.24) is 15.5 Å². The standard InChI is InChI=1S/C22H23N5O3/c23-16-6-7-17-15(10-16)11-22(19(28)24-21(30)25-20(22)29)18-13-26(8-9-27(17)18)12-14-4-2-1-3-5-14/h1-7,10,18H,8-9,11-13,23H2,(H2,24,25,28,29,30). The zero-order valence-corrected chi connectivity index (χ0v) is 16.4. The molecule has 30 heavy (non-hydrogen) atoms. The molecule has 4 N–H and O–H groups in total. The lowest BCUT2D eigenvalue weighted by Crippen LogP contribution is -2.74. The molecule has 1 spiro atoms. The number of nitrogens with one attached hydrogen (secondary N) is 2. The predicted molar refractivity (Wildman–Crippen MR) is 112 cm³/mol. The third kappa shape index (κ3) is 2.83. The van der Waals surface area contributed by atoms with E-state index in [0.29, 0.717) is 18.8 Å². The number of carbonyl (C=O) groups is 3. The van der Waals surface area contributed by atoms with Crippen molar-refractivity contribution < 1.29 is 14.4 Å². The van der Waals surface area contributed by atoms with E-state index in [1.165, 1.54) is 5.56 Å². The fraction of sp³-hybridized carbons (Fsp3) is 0.318. The van der Waals surface area contributed by atoms with Gasteiger partial charge in [-0.15, -0.1) is 0 Å². The molecule has 3 heterocycles. The molecule has 2 aromatic rings. The van der Waals surface area contributed by atoms with Crippen LogP contribution in [0.3, 0.4) is 0 Å². The summed E-state index contributed by atoms with van der Waals surface area (Å²) in [6.07, 6.45) is 0.207. The first kappa shape index (κ1) is 18.6. The van der Waals surface area contributed by atoms with Gasteiger partial charge in [0.1, 0.15) is 0 Å². The van der Waals surface area contributed by atoms with Gasteiger partial charge in [-0.2, -0.15) is 0 Å². The lowest BCUT2D eigenvalue weighted by atomic mass is 9.68. The Bertz CT molecular complexity index is 1020. The lowest BCUT2D eigenvalue weighted by Gasteiger charge is -2.54. The van der Waals surface area contributed by atoms with Crippen LogP contribution in [-0.2, 0) is 22.6 Å². The van der Waals surface area contributed by atoms with E-state index in [4.69, 9.17) is 5.73 Å². The third-order valence-corrected chi connectivity index (χ3v) is 6.43. The van der Waals surface area contributed by atoms with Crippen LogP contribution in [0.4, 0.5) is 16.2 Å². The summed E-state index contributed by atoms with van der Waals surface area (Å²) in [6.45, 7) is 2.74. The second kappa shape index (κ2) is 6.84. The Labute approximate surface area is 174 Å². The summed E-state index contributed by atoms with van der Waals surface area (Å²) in [7, 11) is 0. The molecular weight excluding hydrogens is 382 g/mol. The molecular formula is C22H23N5O3. The highest BCUT2D eigenvalue weighted by Gasteiger charge is 2.60. The number of nitrogens with zero attached hydrogens (tertiary/aromatic N) is 2. The smallest absolute Gasteiger partial charge is 0.328 e. The second-order valence-electron chi connectivity index (χ2n) is 8.20. The number of barbiturate groups is 1. The molecule has 8 heteroatoms. The molecule has 2 aromatic carbocycles. The number of hydrogen-bond donors (Lipinski definition) is 3. The Balaban J connectivity index is 1.55. The van der Waals surface area contributed by atoms with Crippen LogP contribution in [-0.4, -0.2) is 48.4 Å². The Kier molecular flexibility index (Phi) is 4.25. The summed E-state index contributed by atoms with van der Waals surface area (Å²) in [5.41, 5.74) is 8.21. The van der Waals surface area contributed by atoms with Crippen LogP contribution >= 0.6 is 0 Å². The Morgan fingerprint density at radius 2 is 1.73 bits per heavy atom. The molecule has 0 aromatic heterocycles. The van der Waals surface area contributed by atoms with Crippen LogP contribution < -0.4 is 21.3 Å². The lowest BCUT2D eigenvalue weighted by molar-refractivity contribution is -0.147. The second-order valence-corrected chi connectivity index (χ2v) is 8.20. The summed E-state index contributed by atoms with van der Waals surface area (Å²) in [5, 5.41) is 4.65. The van der Waals surface area contributed by atoms with Crippen LogP contribution in [0.2, 0.25) is 0 Å². The SMILES string of the molecule is Nc1ccc2c(c1)CC1(C(=O)NC(=O)NC1=O)C1CN(Cc3ccccc3)CCN21. The third-order valence-electron chi connectivity index (χ3n) is 6.43. The molecule has 0 saturated carbocycles. The van der Waals surface area contributed by atoms with Crippen LogP contribution in [0, 0.1) is 5.41 Å². The Morgan fingerprint density at radius 1 is 1.00 bits per heavy atom. The number of rotatable bonds is 2. The average molecular weight is 405 g/mol. The van der Waals surface area contributed by atoms with Gasteiger partial charge in [0, 0.05) is 37.6 Å². The highest BCUT2D eigenvalue weighted by Crippen LogP contribution is 2.45. The molecule has 0 radical (unpaired) electrons. The molecule has 5 rings (SSSR count). The van der Waals surface area contributed by atoms with E-state index in [9.17, 15) is 14.4 Å². The van der Waals surface area contributed by atoms with Crippen molar-refractivity contribution in [1.29, 1.82) is 0 Å².